The maximum absolute atomic E-state index is 11.3. The molecule has 2 atom stereocenters. The number of hydrogen-bond acceptors (Lipinski definition) is 3. The number of nitrogens with two attached hydrogens (primary N) is 1. The van der Waals surface area contributed by atoms with Gasteiger partial charge in [-0.3, -0.25) is 5.73 Å². The molecule has 0 radical (unpaired) electrons. The van der Waals surface area contributed by atoms with Crippen molar-refractivity contribution in [3.8, 4) is 0 Å². The number of allylic oxidation sites excluding steroid dienone is 2. The summed E-state index contributed by atoms with van der Waals surface area (Å²) in [5, 5.41) is 9.25. The molecule has 0 aromatic rings. The Balaban J connectivity index is 2.02. The van der Waals surface area contributed by atoms with E-state index in [-0.39, 0.29) is 17.2 Å². The fourth-order valence-corrected chi connectivity index (χ4v) is 4.01. The van der Waals surface area contributed by atoms with Crippen molar-refractivity contribution >= 4 is 11.8 Å². The Morgan fingerprint density at radius 2 is 1.59 bits per heavy atom. The first-order valence-electron chi connectivity index (χ1n) is 11.8. The highest BCUT2D eigenvalue weighted by molar-refractivity contribution is 5.81. The minimum absolute atomic E-state index is 0.0254. The standard InChI is InChI=1S/C24H43N3O2/c1-3-4-5-6-7-8-9-10-11-12-13-14-15-16-17-18-23-26-19-20-27(23,22(2)25)21-24(28)29/h4-5,19-20,22H,3,6-18,21,25H2,1-2H3/p+1/b5-4+. The van der Waals surface area contributed by atoms with Gasteiger partial charge in [0, 0.05) is 13.3 Å². The molecule has 0 saturated carbocycles. The maximum atomic E-state index is 11.3. The summed E-state index contributed by atoms with van der Waals surface area (Å²) in [4.78, 5) is 15.7. The van der Waals surface area contributed by atoms with Crippen molar-refractivity contribution in [3.05, 3.63) is 24.6 Å². The van der Waals surface area contributed by atoms with Crippen LogP contribution in [-0.4, -0.2) is 34.1 Å². The molecule has 0 saturated heterocycles. The van der Waals surface area contributed by atoms with Crippen LogP contribution in [0.4, 0.5) is 0 Å². The molecule has 5 heteroatoms. The molecule has 166 valence electrons. The van der Waals surface area contributed by atoms with Crippen molar-refractivity contribution in [2.75, 3.05) is 6.54 Å². The van der Waals surface area contributed by atoms with Crippen LogP contribution in [0, 0.1) is 0 Å². The first kappa shape index (κ1) is 25.6. The number of amidine groups is 1. The molecule has 1 aliphatic rings. The molecule has 0 aliphatic carbocycles. The second-order valence-electron chi connectivity index (χ2n) is 8.37. The van der Waals surface area contributed by atoms with Crippen molar-refractivity contribution < 1.29 is 14.4 Å². The summed E-state index contributed by atoms with van der Waals surface area (Å²) in [6, 6.07) is 0. The number of carboxylic acid groups (broad SMARTS) is 1. The lowest BCUT2D eigenvalue weighted by Crippen LogP contribution is -2.59. The summed E-state index contributed by atoms with van der Waals surface area (Å²) in [6.07, 6.45) is 25.4. The Labute approximate surface area is 178 Å². The molecule has 0 aromatic heterocycles. The Bertz CT molecular complexity index is 540. The van der Waals surface area contributed by atoms with Crippen molar-refractivity contribution in [3.63, 3.8) is 0 Å². The van der Waals surface area contributed by atoms with Crippen LogP contribution in [0.2, 0.25) is 0 Å². The van der Waals surface area contributed by atoms with Gasteiger partial charge in [0.2, 0.25) is 5.84 Å². The number of nitrogens with zero attached hydrogens (tertiary/aromatic N) is 2. The van der Waals surface area contributed by atoms with Crippen LogP contribution in [0.3, 0.4) is 0 Å². The Morgan fingerprint density at radius 3 is 2.10 bits per heavy atom. The van der Waals surface area contributed by atoms with Crippen molar-refractivity contribution in [1.29, 1.82) is 0 Å². The van der Waals surface area contributed by atoms with Crippen LogP contribution >= 0.6 is 0 Å². The van der Waals surface area contributed by atoms with E-state index in [9.17, 15) is 9.90 Å². The van der Waals surface area contributed by atoms with E-state index >= 15 is 0 Å². The minimum Gasteiger partial charge on any atom is -0.477 e. The highest BCUT2D eigenvalue weighted by Gasteiger charge is 2.40. The third-order valence-corrected chi connectivity index (χ3v) is 5.83. The number of aliphatic carboxylic acids is 1. The average Bonchev–Trinajstić information content (AvgIpc) is 3.08. The second-order valence-corrected chi connectivity index (χ2v) is 8.37. The molecular weight excluding hydrogens is 362 g/mol. The Hall–Kier alpha value is -1.46. The number of carbonyl (C=O) groups is 1. The van der Waals surface area contributed by atoms with Gasteiger partial charge in [0.15, 0.2) is 6.54 Å². The highest BCUT2D eigenvalue weighted by Crippen LogP contribution is 2.23. The fraction of sp³-hybridized carbons (Fsp3) is 0.750. The average molecular weight is 407 g/mol. The van der Waals surface area contributed by atoms with Gasteiger partial charge in [0.05, 0.1) is 6.20 Å². The molecule has 0 fully saturated rings. The molecule has 0 amide bonds. The molecule has 2 unspecified atom stereocenters. The molecule has 29 heavy (non-hydrogen) atoms. The summed E-state index contributed by atoms with van der Waals surface area (Å²) < 4.78 is 0.171. The topological polar surface area (TPSA) is 75.7 Å². The third kappa shape index (κ3) is 10.2. The minimum atomic E-state index is -0.838. The summed E-state index contributed by atoms with van der Waals surface area (Å²) >= 11 is 0. The number of rotatable bonds is 18. The van der Waals surface area contributed by atoms with Crippen LogP contribution in [0.5, 0.6) is 0 Å². The number of hydrogen-bond donors (Lipinski definition) is 2. The van der Waals surface area contributed by atoms with Crippen molar-refractivity contribution in [2.24, 2.45) is 10.7 Å². The van der Waals surface area contributed by atoms with Gasteiger partial charge in [-0.15, -0.1) is 0 Å². The van der Waals surface area contributed by atoms with E-state index in [0.29, 0.717) is 0 Å². The van der Waals surface area contributed by atoms with E-state index < -0.39 is 5.97 Å². The van der Waals surface area contributed by atoms with Gasteiger partial charge in [-0.2, -0.15) is 0 Å². The quantitative estimate of drug-likeness (QED) is 0.164. The van der Waals surface area contributed by atoms with Crippen LogP contribution in [0.25, 0.3) is 0 Å². The second kappa shape index (κ2) is 15.4. The summed E-state index contributed by atoms with van der Waals surface area (Å²) in [5.74, 6) is 0.0578. The summed E-state index contributed by atoms with van der Waals surface area (Å²) in [7, 11) is 0. The van der Waals surface area contributed by atoms with Gasteiger partial charge < -0.3 is 5.11 Å². The predicted molar refractivity (Wildman–Crippen MR) is 122 cm³/mol. The van der Waals surface area contributed by atoms with Crippen molar-refractivity contribution in [1.82, 2.24) is 0 Å². The summed E-state index contributed by atoms with van der Waals surface area (Å²) in [6.45, 7) is 4.02. The fourth-order valence-electron chi connectivity index (χ4n) is 4.01. The number of quaternary nitrogens is 1. The molecule has 1 rings (SSSR count). The van der Waals surface area contributed by atoms with Gasteiger partial charge in [0.25, 0.3) is 0 Å². The highest BCUT2D eigenvalue weighted by atomic mass is 16.4. The first-order chi connectivity index (χ1) is 14.0. The normalized spacial score (nSPS) is 19.8. The van der Waals surface area contributed by atoms with Crippen LogP contribution in [-0.2, 0) is 4.79 Å². The molecule has 5 nitrogen and oxygen atoms in total. The number of carboxylic acids is 1. The molecule has 0 bridgehead atoms. The van der Waals surface area contributed by atoms with E-state index in [1.54, 1.807) is 6.20 Å². The van der Waals surface area contributed by atoms with Gasteiger partial charge in [0.1, 0.15) is 12.4 Å². The van der Waals surface area contributed by atoms with E-state index in [2.05, 4.69) is 24.1 Å². The Morgan fingerprint density at radius 1 is 1.03 bits per heavy atom. The van der Waals surface area contributed by atoms with Gasteiger partial charge >= 0.3 is 5.97 Å². The van der Waals surface area contributed by atoms with E-state index in [1.165, 1.54) is 70.6 Å². The zero-order chi connectivity index (χ0) is 21.4. The van der Waals surface area contributed by atoms with Crippen LogP contribution in [0.1, 0.15) is 104 Å². The van der Waals surface area contributed by atoms with E-state index in [4.69, 9.17) is 5.73 Å². The lowest BCUT2D eigenvalue weighted by atomic mass is 10.0. The predicted octanol–water partition coefficient (Wildman–Crippen LogP) is 6.11. The lowest BCUT2D eigenvalue weighted by Gasteiger charge is -2.34. The van der Waals surface area contributed by atoms with Crippen LogP contribution in [0.15, 0.2) is 29.5 Å². The SMILES string of the molecule is CC/C=C/CCCCCCCCCCCCCC1=NC=C[N+]1(CC(=O)O)C(C)N. The smallest absolute Gasteiger partial charge is 0.360 e. The Kier molecular flexibility index (Phi) is 13.6. The summed E-state index contributed by atoms with van der Waals surface area (Å²) in [5.41, 5.74) is 6.10. The van der Waals surface area contributed by atoms with E-state index in [1.807, 2.05) is 13.1 Å². The van der Waals surface area contributed by atoms with Gasteiger partial charge in [-0.1, -0.05) is 76.9 Å². The lowest BCUT2D eigenvalue weighted by molar-refractivity contribution is -0.805. The molecule has 0 aromatic carbocycles. The monoisotopic (exact) mass is 406 g/mol. The largest absolute Gasteiger partial charge is 0.477 e. The van der Waals surface area contributed by atoms with Gasteiger partial charge in [-0.25, -0.2) is 14.3 Å². The molecule has 0 spiro atoms. The zero-order valence-corrected chi connectivity index (χ0v) is 18.8. The molecule has 1 heterocycles. The molecule has 1 aliphatic heterocycles. The van der Waals surface area contributed by atoms with Crippen LogP contribution < -0.4 is 5.73 Å². The number of aliphatic imine (C=N–C) groups is 1. The zero-order valence-electron chi connectivity index (χ0n) is 18.8. The third-order valence-electron chi connectivity index (χ3n) is 5.83. The first-order valence-corrected chi connectivity index (χ1v) is 11.8. The van der Waals surface area contributed by atoms with Crippen molar-refractivity contribution in [2.45, 2.75) is 110 Å². The van der Waals surface area contributed by atoms with E-state index in [0.717, 1.165) is 25.1 Å². The molecular formula is C24H44N3O2+. The maximum Gasteiger partial charge on any atom is 0.360 e. The van der Waals surface area contributed by atoms with Gasteiger partial charge in [-0.05, 0) is 25.7 Å². The number of unbranched alkanes of at least 4 members (excludes halogenated alkanes) is 11. The molecule has 3 N–H and O–H groups in total.